The van der Waals surface area contributed by atoms with Gasteiger partial charge in [0.1, 0.15) is 5.69 Å². The fourth-order valence-electron chi connectivity index (χ4n) is 3.00. The van der Waals surface area contributed by atoms with Gasteiger partial charge in [0.15, 0.2) is 5.71 Å². The third-order valence-corrected chi connectivity index (χ3v) is 5.19. The number of hydrogen-bond acceptors (Lipinski definition) is 7. The number of nitrogens with zero attached hydrogens (tertiary/aromatic N) is 4. The van der Waals surface area contributed by atoms with Crippen LogP contribution < -0.4 is 5.43 Å². The molecular formula is C23H19N5OS. The molecule has 0 unspecified atom stereocenters. The number of hydrogen-bond donors (Lipinski definition) is 1. The second kappa shape index (κ2) is 8.75. The maximum absolute atomic E-state index is 13.0. The Balaban J connectivity index is 1.64. The van der Waals surface area contributed by atoms with Crippen molar-refractivity contribution in [2.24, 2.45) is 5.10 Å². The zero-order valence-corrected chi connectivity index (χ0v) is 17.4. The van der Waals surface area contributed by atoms with Gasteiger partial charge in [0.25, 0.3) is 0 Å². The largest absolute Gasteiger partial charge is 0.285 e. The second-order valence-electron chi connectivity index (χ2n) is 6.69. The van der Waals surface area contributed by atoms with Crippen molar-refractivity contribution in [1.82, 2.24) is 15.0 Å². The number of nitrogens with one attached hydrogen (secondary N) is 1. The SMILES string of the molecule is Cc1ccc(-c2csc(N/N=C(\C(=O)c3ccccn3)c3ccccn3)n2)c(C)c1. The normalized spacial score (nSPS) is 11.3. The monoisotopic (exact) mass is 413 g/mol. The van der Waals surface area contributed by atoms with Crippen LogP contribution in [0.3, 0.4) is 0 Å². The van der Waals surface area contributed by atoms with Gasteiger partial charge < -0.3 is 0 Å². The molecule has 1 N–H and O–H groups in total. The topological polar surface area (TPSA) is 80.1 Å². The lowest BCUT2D eigenvalue weighted by atomic mass is 10.0. The molecule has 3 heterocycles. The number of carbonyl (C=O) groups excluding carboxylic acids is 1. The van der Waals surface area contributed by atoms with Crippen LogP contribution in [-0.2, 0) is 0 Å². The van der Waals surface area contributed by atoms with E-state index in [2.05, 4.69) is 57.5 Å². The van der Waals surface area contributed by atoms with Crippen LogP contribution in [0.1, 0.15) is 27.3 Å². The van der Waals surface area contributed by atoms with Gasteiger partial charge in [0.2, 0.25) is 10.9 Å². The summed E-state index contributed by atoms with van der Waals surface area (Å²) in [6.07, 6.45) is 3.20. The van der Waals surface area contributed by atoms with Gasteiger partial charge in [-0.3, -0.25) is 20.2 Å². The van der Waals surface area contributed by atoms with E-state index in [-0.39, 0.29) is 11.5 Å². The van der Waals surface area contributed by atoms with Crippen molar-refractivity contribution in [3.63, 3.8) is 0 Å². The van der Waals surface area contributed by atoms with E-state index in [9.17, 15) is 4.79 Å². The maximum Gasteiger partial charge on any atom is 0.233 e. The number of Topliss-reactive ketones (excluding diaryl/α,β-unsaturated/α-hetero) is 1. The lowest BCUT2D eigenvalue weighted by molar-refractivity contribution is 0.106. The number of thiazole rings is 1. The van der Waals surface area contributed by atoms with Crippen molar-refractivity contribution in [3.8, 4) is 11.3 Å². The predicted octanol–water partition coefficient (Wildman–Crippen LogP) is 4.92. The summed E-state index contributed by atoms with van der Waals surface area (Å²) in [6.45, 7) is 4.13. The molecule has 0 saturated heterocycles. The maximum atomic E-state index is 13.0. The van der Waals surface area contributed by atoms with Crippen LogP contribution in [0, 0.1) is 13.8 Å². The standard InChI is InChI=1S/C23H19N5OS/c1-15-9-10-17(16(2)13-15)20-14-30-23(26-20)28-27-21(18-7-3-5-11-24-18)22(29)19-8-4-6-12-25-19/h3-14H,1-2H3,(H,26,28)/b27-21-. The molecule has 0 aliphatic heterocycles. The molecule has 6 nitrogen and oxygen atoms in total. The first-order valence-corrected chi connectivity index (χ1v) is 10.2. The smallest absolute Gasteiger partial charge is 0.233 e. The van der Waals surface area contributed by atoms with Gasteiger partial charge in [0.05, 0.1) is 11.4 Å². The van der Waals surface area contributed by atoms with Gasteiger partial charge >= 0.3 is 0 Å². The number of hydrazone groups is 1. The van der Waals surface area contributed by atoms with Crippen molar-refractivity contribution in [2.45, 2.75) is 13.8 Å². The van der Waals surface area contributed by atoms with Crippen LogP contribution in [0.2, 0.25) is 0 Å². The zero-order valence-electron chi connectivity index (χ0n) is 16.5. The van der Waals surface area contributed by atoms with E-state index < -0.39 is 0 Å². The molecule has 4 aromatic rings. The molecule has 148 valence electrons. The Morgan fingerprint density at radius 2 is 1.70 bits per heavy atom. The summed E-state index contributed by atoms with van der Waals surface area (Å²) in [5.41, 5.74) is 8.18. The molecule has 0 radical (unpaired) electrons. The number of rotatable bonds is 6. The Kier molecular flexibility index (Phi) is 5.72. The summed E-state index contributed by atoms with van der Waals surface area (Å²) in [4.78, 5) is 26.0. The highest BCUT2D eigenvalue weighted by Gasteiger charge is 2.19. The van der Waals surface area contributed by atoms with E-state index in [1.54, 1.807) is 42.7 Å². The number of aromatic nitrogens is 3. The summed E-state index contributed by atoms with van der Waals surface area (Å²) < 4.78 is 0. The van der Waals surface area contributed by atoms with Crippen LogP contribution in [0.15, 0.2) is 77.5 Å². The molecular weight excluding hydrogens is 394 g/mol. The van der Waals surface area contributed by atoms with Gasteiger partial charge in [-0.25, -0.2) is 4.98 Å². The van der Waals surface area contributed by atoms with Crippen LogP contribution in [0.25, 0.3) is 11.3 Å². The Bertz CT molecular complexity index is 1200. The van der Waals surface area contributed by atoms with Gasteiger partial charge in [0, 0.05) is 23.3 Å². The molecule has 0 spiro atoms. The van der Waals surface area contributed by atoms with Gasteiger partial charge in [-0.1, -0.05) is 35.9 Å². The zero-order chi connectivity index (χ0) is 20.9. The molecule has 4 rings (SSSR count). The summed E-state index contributed by atoms with van der Waals surface area (Å²) in [5.74, 6) is -0.312. The first-order chi connectivity index (χ1) is 14.6. The lowest BCUT2D eigenvalue weighted by Crippen LogP contribution is -2.19. The Labute approximate surface area is 178 Å². The van der Waals surface area contributed by atoms with E-state index >= 15 is 0 Å². The summed E-state index contributed by atoms with van der Waals surface area (Å²) in [5, 5.41) is 6.91. The van der Waals surface area contributed by atoms with Gasteiger partial charge in [-0.15, -0.1) is 11.3 Å². The van der Waals surface area contributed by atoms with E-state index in [1.807, 2.05) is 11.4 Å². The van der Waals surface area contributed by atoms with E-state index in [0.29, 0.717) is 16.5 Å². The van der Waals surface area contributed by atoms with E-state index in [1.165, 1.54) is 16.9 Å². The molecule has 0 aliphatic carbocycles. The third kappa shape index (κ3) is 4.31. The molecule has 1 aromatic carbocycles. The van der Waals surface area contributed by atoms with Crippen LogP contribution in [0.4, 0.5) is 5.13 Å². The molecule has 3 aromatic heterocycles. The minimum atomic E-state index is -0.312. The number of benzene rings is 1. The fraction of sp³-hybridized carbons (Fsp3) is 0.0870. The molecule has 0 saturated carbocycles. The van der Waals surface area contributed by atoms with Crippen molar-refractivity contribution < 1.29 is 4.79 Å². The number of pyridine rings is 2. The Morgan fingerprint density at radius 3 is 2.37 bits per heavy atom. The average molecular weight is 414 g/mol. The van der Waals surface area contributed by atoms with Crippen molar-refractivity contribution >= 4 is 28.0 Å². The highest BCUT2D eigenvalue weighted by Crippen LogP contribution is 2.28. The molecule has 7 heteroatoms. The minimum Gasteiger partial charge on any atom is -0.285 e. The van der Waals surface area contributed by atoms with E-state index in [4.69, 9.17) is 0 Å². The molecule has 0 fully saturated rings. The lowest BCUT2D eigenvalue weighted by Gasteiger charge is -2.05. The number of ketones is 1. The molecule has 0 bridgehead atoms. The first kappa shape index (κ1) is 19.6. The summed E-state index contributed by atoms with van der Waals surface area (Å²) in [7, 11) is 0. The second-order valence-corrected chi connectivity index (χ2v) is 7.55. The predicted molar refractivity (Wildman–Crippen MR) is 120 cm³/mol. The van der Waals surface area contributed by atoms with Crippen LogP contribution in [0.5, 0.6) is 0 Å². The fourth-order valence-corrected chi connectivity index (χ4v) is 3.65. The Morgan fingerprint density at radius 1 is 0.967 bits per heavy atom. The molecule has 30 heavy (non-hydrogen) atoms. The van der Waals surface area contributed by atoms with Crippen molar-refractivity contribution in [1.29, 1.82) is 0 Å². The first-order valence-electron chi connectivity index (χ1n) is 9.36. The van der Waals surface area contributed by atoms with Crippen molar-refractivity contribution in [3.05, 3.63) is 94.9 Å². The quantitative estimate of drug-likeness (QED) is 0.276. The van der Waals surface area contributed by atoms with Gasteiger partial charge in [-0.2, -0.15) is 5.10 Å². The van der Waals surface area contributed by atoms with E-state index in [0.717, 1.165) is 16.8 Å². The van der Waals surface area contributed by atoms with Crippen LogP contribution in [-0.4, -0.2) is 26.4 Å². The average Bonchev–Trinajstić information content (AvgIpc) is 3.24. The molecule has 0 amide bonds. The Hall–Kier alpha value is -3.71. The number of anilines is 1. The van der Waals surface area contributed by atoms with Crippen LogP contribution >= 0.6 is 11.3 Å². The summed E-state index contributed by atoms with van der Waals surface area (Å²) >= 11 is 1.43. The summed E-state index contributed by atoms with van der Waals surface area (Å²) in [6, 6.07) is 16.8. The van der Waals surface area contributed by atoms with Crippen molar-refractivity contribution in [2.75, 3.05) is 5.43 Å². The third-order valence-electron chi connectivity index (χ3n) is 4.45. The number of aryl methyl sites for hydroxylation is 2. The van der Waals surface area contributed by atoms with Gasteiger partial charge in [-0.05, 0) is 43.7 Å². The minimum absolute atomic E-state index is 0.178. The number of carbonyl (C=O) groups is 1. The highest BCUT2D eigenvalue weighted by atomic mass is 32.1. The molecule has 0 aliphatic rings. The highest BCUT2D eigenvalue weighted by molar-refractivity contribution is 7.14. The molecule has 0 atom stereocenters.